The standard InChI is InChI=1S/C14H13ClN2O4/c1-8-3-4-9(12(5-8)21-2)11(18)7-17-6-10(15)13(19)16-14(17)20/h3-6H,7H2,1-2H3,(H,16,19,20). The number of hydrogen-bond acceptors (Lipinski definition) is 4. The van der Waals surface area contributed by atoms with E-state index in [2.05, 4.69) is 0 Å². The van der Waals surface area contributed by atoms with Gasteiger partial charge in [0.2, 0.25) is 0 Å². The molecule has 1 aromatic heterocycles. The maximum atomic E-state index is 12.3. The minimum atomic E-state index is -0.691. The molecule has 0 radical (unpaired) electrons. The summed E-state index contributed by atoms with van der Waals surface area (Å²) in [6.07, 6.45) is 1.14. The third-order valence-corrected chi connectivity index (χ3v) is 3.21. The second-order valence-corrected chi connectivity index (χ2v) is 4.90. The van der Waals surface area contributed by atoms with Crippen molar-refractivity contribution in [3.8, 4) is 5.75 Å². The van der Waals surface area contributed by atoms with Crippen molar-refractivity contribution in [3.05, 3.63) is 61.4 Å². The molecule has 110 valence electrons. The summed E-state index contributed by atoms with van der Waals surface area (Å²) >= 11 is 5.66. The number of H-pyrrole nitrogens is 1. The van der Waals surface area contributed by atoms with Crippen molar-refractivity contribution in [2.75, 3.05) is 7.11 Å². The Morgan fingerprint density at radius 3 is 2.76 bits per heavy atom. The molecule has 2 aromatic rings. The van der Waals surface area contributed by atoms with Crippen LogP contribution in [0.1, 0.15) is 15.9 Å². The summed E-state index contributed by atoms with van der Waals surface area (Å²) in [5, 5.41) is -0.154. The highest BCUT2D eigenvalue weighted by Gasteiger charge is 2.14. The number of methoxy groups -OCH3 is 1. The van der Waals surface area contributed by atoms with E-state index < -0.39 is 11.2 Å². The minimum absolute atomic E-state index is 0.154. The third-order valence-electron chi connectivity index (χ3n) is 2.94. The van der Waals surface area contributed by atoms with Crippen LogP contribution in [0, 0.1) is 6.92 Å². The zero-order chi connectivity index (χ0) is 15.6. The van der Waals surface area contributed by atoms with Crippen LogP contribution in [0.25, 0.3) is 0 Å². The molecule has 0 spiro atoms. The number of ketones is 1. The number of halogens is 1. The summed E-state index contributed by atoms with van der Waals surface area (Å²) in [6.45, 7) is 1.64. The normalized spacial score (nSPS) is 10.4. The molecule has 1 aromatic carbocycles. The van der Waals surface area contributed by atoms with Gasteiger partial charge in [0, 0.05) is 6.20 Å². The summed E-state index contributed by atoms with van der Waals surface area (Å²) in [5.41, 5.74) is -0.0629. The molecule has 0 saturated heterocycles. The van der Waals surface area contributed by atoms with Crippen LogP contribution in [-0.4, -0.2) is 22.4 Å². The van der Waals surface area contributed by atoms with Crippen LogP contribution in [-0.2, 0) is 6.54 Å². The van der Waals surface area contributed by atoms with Crippen molar-refractivity contribution in [1.29, 1.82) is 0 Å². The van der Waals surface area contributed by atoms with Gasteiger partial charge in [-0.05, 0) is 24.6 Å². The number of Topliss-reactive ketones (excluding diaryl/α,β-unsaturated/α-hetero) is 1. The molecule has 0 fully saturated rings. The quantitative estimate of drug-likeness (QED) is 0.865. The monoisotopic (exact) mass is 308 g/mol. The first-order chi connectivity index (χ1) is 9.92. The van der Waals surface area contributed by atoms with E-state index in [1.165, 1.54) is 7.11 Å². The van der Waals surface area contributed by atoms with Crippen molar-refractivity contribution in [1.82, 2.24) is 9.55 Å². The van der Waals surface area contributed by atoms with Crippen LogP contribution in [0.4, 0.5) is 0 Å². The smallest absolute Gasteiger partial charge is 0.328 e. The Morgan fingerprint density at radius 2 is 2.10 bits per heavy atom. The molecule has 0 bridgehead atoms. The van der Waals surface area contributed by atoms with Crippen LogP contribution in [0.3, 0.4) is 0 Å². The maximum Gasteiger partial charge on any atom is 0.328 e. The number of benzene rings is 1. The summed E-state index contributed by atoms with van der Waals surface area (Å²) in [5.74, 6) is 0.112. The van der Waals surface area contributed by atoms with Crippen molar-refractivity contribution in [2.45, 2.75) is 13.5 Å². The van der Waals surface area contributed by atoms with E-state index in [4.69, 9.17) is 16.3 Å². The van der Waals surface area contributed by atoms with Crippen molar-refractivity contribution >= 4 is 17.4 Å². The molecule has 1 N–H and O–H groups in total. The van der Waals surface area contributed by atoms with Crippen LogP contribution in [0.5, 0.6) is 5.75 Å². The highest BCUT2D eigenvalue weighted by molar-refractivity contribution is 6.30. The lowest BCUT2D eigenvalue weighted by molar-refractivity contribution is 0.0967. The van der Waals surface area contributed by atoms with Gasteiger partial charge in [-0.1, -0.05) is 17.7 Å². The molecule has 0 aliphatic carbocycles. The first kappa shape index (κ1) is 15.1. The SMILES string of the molecule is COc1cc(C)ccc1C(=O)Cn1cc(Cl)c(=O)[nH]c1=O. The van der Waals surface area contributed by atoms with E-state index in [-0.39, 0.29) is 17.4 Å². The van der Waals surface area contributed by atoms with Gasteiger partial charge in [-0.2, -0.15) is 0 Å². The van der Waals surface area contributed by atoms with Crippen LogP contribution >= 0.6 is 11.6 Å². The topological polar surface area (TPSA) is 81.2 Å². The molecule has 21 heavy (non-hydrogen) atoms. The largest absolute Gasteiger partial charge is 0.496 e. The molecule has 0 amide bonds. The first-order valence-electron chi connectivity index (χ1n) is 6.09. The average Bonchev–Trinajstić information content (AvgIpc) is 2.44. The van der Waals surface area contributed by atoms with Crippen molar-refractivity contribution < 1.29 is 9.53 Å². The first-order valence-corrected chi connectivity index (χ1v) is 6.47. The van der Waals surface area contributed by atoms with Crippen LogP contribution in [0.2, 0.25) is 5.02 Å². The molecule has 6 nitrogen and oxygen atoms in total. The Hall–Kier alpha value is -2.34. The predicted octanol–water partition coefficient (Wildman–Crippen LogP) is 1.39. The Labute approximate surface area is 124 Å². The predicted molar refractivity (Wildman–Crippen MR) is 78.4 cm³/mol. The van der Waals surface area contributed by atoms with E-state index in [9.17, 15) is 14.4 Å². The number of rotatable bonds is 4. The number of nitrogens with one attached hydrogen (secondary N) is 1. The Bertz CT molecular complexity index is 807. The van der Waals surface area contributed by atoms with Crippen LogP contribution < -0.4 is 16.0 Å². The van der Waals surface area contributed by atoms with Gasteiger partial charge < -0.3 is 4.74 Å². The number of ether oxygens (including phenoxy) is 1. The van der Waals surface area contributed by atoms with Crippen molar-refractivity contribution in [3.63, 3.8) is 0 Å². The molecular formula is C14H13ClN2O4. The van der Waals surface area contributed by atoms with Gasteiger partial charge in [-0.3, -0.25) is 19.1 Å². The number of aryl methyl sites for hydroxylation is 1. The maximum absolute atomic E-state index is 12.3. The number of aromatic nitrogens is 2. The average molecular weight is 309 g/mol. The molecule has 0 aliphatic heterocycles. The zero-order valence-corrected chi connectivity index (χ0v) is 12.2. The minimum Gasteiger partial charge on any atom is -0.496 e. The highest BCUT2D eigenvalue weighted by atomic mass is 35.5. The third kappa shape index (κ3) is 3.22. The van der Waals surface area contributed by atoms with E-state index in [0.717, 1.165) is 16.3 Å². The summed E-state index contributed by atoms with van der Waals surface area (Å²) in [4.78, 5) is 37.1. The lowest BCUT2D eigenvalue weighted by Crippen LogP contribution is -2.31. The summed E-state index contributed by atoms with van der Waals surface area (Å²) < 4.78 is 6.21. The van der Waals surface area contributed by atoms with Crippen LogP contribution in [0.15, 0.2) is 34.0 Å². The number of carbonyl (C=O) groups is 1. The molecule has 0 atom stereocenters. The number of nitrogens with zero attached hydrogens (tertiary/aromatic N) is 1. The van der Waals surface area contributed by atoms with Gasteiger partial charge in [0.15, 0.2) is 5.78 Å². The number of carbonyl (C=O) groups excluding carboxylic acids is 1. The fourth-order valence-corrected chi connectivity index (χ4v) is 2.03. The molecule has 0 saturated carbocycles. The van der Waals surface area contributed by atoms with E-state index in [0.29, 0.717) is 11.3 Å². The van der Waals surface area contributed by atoms with E-state index >= 15 is 0 Å². The fourth-order valence-electron chi connectivity index (χ4n) is 1.87. The Morgan fingerprint density at radius 1 is 1.38 bits per heavy atom. The van der Waals surface area contributed by atoms with Gasteiger partial charge >= 0.3 is 5.69 Å². The Kier molecular flexibility index (Phi) is 4.28. The second kappa shape index (κ2) is 5.97. The van der Waals surface area contributed by atoms with Gasteiger partial charge in [0.25, 0.3) is 5.56 Å². The van der Waals surface area contributed by atoms with Crippen molar-refractivity contribution in [2.24, 2.45) is 0 Å². The Balaban J connectivity index is 2.37. The lowest BCUT2D eigenvalue weighted by Gasteiger charge is -2.09. The molecule has 2 rings (SSSR count). The van der Waals surface area contributed by atoms with Gasteiger partial charge in [0.1, 0.15) is 10.8 Å². The van der Waals surface area contributed by atoms with Gasteiger partial charge in [-0.25, -0.2) is 4.79 Å². The van der Waals surface area contributed by atoms with E-state index in [1.54, 1.807) is 18.2 Å². The fraction of sp³-hybridized carbons (Fsp3) is 0.214. The molecule has 0 aliphatic rings. The molecule has 1 heterocycles. The number of aromatic amines is 1. The second-order valence-electron chi connectivity index (χ2n) is 4.49. The molecular weight excluding hydrogens is 296 g/mol. The molecule has 7 heteroatoms. The zero-order valence-electron chi connectivity index (χ0n) is 11.5. The van der Waals surface area contributed by atoms with Gasteiger partial charge in [-0.15, -0.1) is 0 Å². The highest BCUT2D eigenvalue weighted by Crippen LogP contribution is 2.20. The summed E-state index contributed by atoms with van der Waals surface area (Å²) in [7, 11) is 1.47. The molecule has 0 unspecified atom stereocenters. The number of hydrogen-bond donors (Lipinski definition) is 1. The van der Waals surface area contributed by atoms with Gasteiger partial charge in [0.05, 0.1) is 19.2 Å². The lowest BCUT2D eigenvalue weighted by atomic mass is 10.1. The summed E-state index contributed by atoms with van der Waals surface area (Å²) in [6, 6.07) is 5.14. The van der Waals surface area contributed by atoms with E-state index in [1.807, 2.05) is 11.9 Å².